The minimum absolute atomic E-state index is 0.0810. The first-order valence-corrected chi connectivity index (χ1v) is 8.51. The molecule has 3 aromatic rings. The van der Waals surface area contributed by atoms with E-state index in [2.05, 4.69) is 20.5 Å². The standard InChI is InChI=1S/C18H16ClFN4O/c19-15-4-3-11(8-16(15)20)17-13-5-6-21-10-14(13)18(24-23-17)22-9-12-2-1-7-25-12/h3-6,8,10,12H,1-2,7,9H2,(H,22,24)/t12-/m1/s1. The Balaban J connectivity index is 1.72. The van der Waals surface area contributed by atoms with Crippen LogP contribution in [-0.4, -0.2) is 34.4 Å². The maximum absolute atomic E-state index is 13.8. The molecule has 0 unspecified atom stereocenters. The molecule has 0 radical (unpaired) electrons. The van der Waals surface area contributed by atoms with Crippen LogP contribution in [0.25, 0.3) is 22.0 Å². The second kappa shape index (κ2) is 6.90. The van der Waals surface area contributed by atoms with Gasteiger partial charge in [-0.3, -0.25) is 4.98 Å². The molecule has 2 aromatic heterocycles. The Bertz CT molecular complexity index is 915. The van der Waals surface area contributed by atoms with Gasteiger partial charge < -0.3 is 10.1 Å². The largest absolute Gasteiger partial charge is 0.376 e. The number of anilines is 1. The van der Waals surface area contributed by atoms with Crippen LogP contribution in [0.2, 0.25) is 5.02 Å². The number of aromatic nitrogens is 3. The van der Waals surface area contributed by atoms with Crippen LogP contribution in [0, 0.1) is 5.82 Å². The lowest BCUT2D eigenvalue weighted by atomic mass is 10.1. The number of rotatable bonds is 4. The molecule has 1 saturated heterocycles. The molecule has 5 nitrogen and oxygen atoms in total. The van der Waals surface area contributed by atoms with Gasteiger partial charge in [-0.15, -0.1) is 10.2 Å². The number of halogens is 2. The van der Waals surface area contributed by atoms with E-state index in [0.717, 1.165) is 30.2 Å². The number of hydrogen-bond donors (Lipinski definition) is 1. The number of nitrogens with one attached hydrogen (secondary N) is 1. The number of nitrogens with zero attached hydrogens (tertiary/aromatic N) is 3. The molecule has 0 saturated carbocycles. The highest BCUT2D eigenvalue weighted by Crippen LogP contribution is 2.31. The number of fused-ring (bicyclic) bond motifs is 1. The lowest BCUT2D eigenvalue weighted by Crippen LogP contribution is -2.19. The molecule has 128 valence electrons. The highest BCUT2D eigenvalue weighted by Gasteiger charge is 2.17. The third-order valence-corrected chi connectivity index (χ3v) is 4.60. The van der Waals surface area contributed by atoms with E-state index in [4.69, 9.17) is 16.3 Å². The van der Waals surface area contributed by atoms with Crippen LogP contribution in [0.1, 0.15) is 12.8 Å². The average Bonchev–Trinajstić information content (AvgIpc) is 3.15. The fourth-order valence-corrected chi connectivity index (χ4v) is 3.12. The SMILES string of the molecule is Fc1cc(-c2nnc(NC[C@H]3CCCO3)c3cnccc23)ccc1Cl. The van der Waals surface area contributed by atoms with Crippen molar-refractivity contribution in [3.63, 3.8) is 0 Å². The van der Waals surface area contributed by atoms with E-state index in [9.17, 15) is 4.39 Å². The van der Waals surface area contributed by atoms with Gasteiger partial charge in [0.05, 0.1) is 11.1 Å². The van der Waals surface area contributed by atoms with Crippen LogP contribution in [0.3, 0.4) is 0 Å². The summed E-state index contributed by atoms with van der Waals surface area (Å²) in [4.78, 5) is 4.19. The molecule has 25 heavy (non-hydrogen) atoms. The fourth-order valence-electron chi connectivity index (χ4n) is 3.00. The van der Waals surface area contributed by atoms with Crippen molar-refractivity contribution in [2.45, 2.75) is 18.9 Å². The van der Waals surface area contributed by atoms with Crippen molar-refractivity contribution in [3.8, 4) is 11.3 Å². The van der Waals surface area contributed by atoms with Crippen molar-refractivity contribution < 1.29 is 9.13 Å². The first kappa shape index (κ1) is 16.2. The Morgan fingerprint density at radius 2 is 2.16 bits per heavy atom. The molecule has 0 spiro atoms. The first-order chi connectivity index (χ1) is 12.2. The van der Waals surface area contributed by atoms with Gasteiger partial charge in [-0.05, 0) is 31.0 Å². The Hall–Kier alpha value is -2.31. The van der Waals surface area contributed by atoms with Crippen LogP contribution in [0.15, 0.2) is 36.7 Å². The maximum atomic E-state index is 13.8. The summed E-state index contributed by atoms with van der Waals surface area (Å²) >= 11 is 5.77. The molecule has 1 fully saturated rings. The van der Waals surface area contributed by atoms with Crippen molar-refractivity contribution in [1.82, 2.24) is 15.2 Å². The lowest BCUT2D eigenvalue weighted by molar-refractivity contribution is 0.120. The summed E-state index contributed by atoms with van der Waals surface area (Å²) in [6.07, 6.45) is 5.74. The highest BCUT2D eigenvalue weighted by atomic mass is 35.5. The number of hydrogen-bond acceptors (Lipinski definition) is 5. The third kappa shape index (κ3) is 3.27. The van der Waals surface area contributed by atoms with Crippen molar-refractivity contribution in [3.05, 3.63) is 47.5 Å². The van der Waals surface area contributed by atoms with Crippen LogP contribution in [0.5, 0.6) is 0 Å². The highest BCUT2D eigenvalue weighted by molar-refractivity contribution is 6.30. The van der Waals surface area contributed by atoms with E-state index in [0.29, 0.717) is 23.6 Å². The van der Waals surface area contributed by atoms with Crippen molar-refractivity contribution in [2.24, 2.45) is 0 Å². The Morgan fingerprint density at radius 1 is 1.24 bits per heavy atom. The number of pyridine rings is 1. The molecule has 1 aliphatic heterocycles. The second-order valence-corrected chi connectivity index (χ2v) is 6.37. The molecule has 1 atom stereocenters. The van der Waals surface area contributed by atoms with Gasteiger partial charge in [0, 0.05) is 41.9 Å². The average molecular weight is 359 g/mol. The van der Waals surface area contributed by atoms with Crippen molar-refractivity contribution in [2.75, 3.05) is 18.5 Å². The summed E-state index contributed by atoms with van der Waals surface area (Å²) in [7, 11) is 0. The predicted molar refractivity (Wildman–Crippen MR) is 95.2 cm³/mol. The molecular weight excluding hydrogens is 343 g/mol. The number of benzene rings is 1. The van der Waals surface area contributed by atoms with Crippen molar-refractivity contribution >= 4 is 28.2 Å². The number of ether oxygens (including phenoxy) is 1. The van der Waals surface area contributed by atoms with Crippen LogP contribution < -0.4 is 5.32 Å². The first-order valence-electron chi connectivity index (χ1n) is 8.13. The van der Waals surface area contributed by atoms with Gasteiger partial charge in [0.25, 0.3) is 0 Å². The quantitative estimate of drug-likeness (QED) is 0.761. The summed E-state index contributed by atoms with van der Waals surface area (Å²) < 4.78 is 19.4. The van der Waals surface area contributed by atoms with E-state index >= 15 is 0 Å². The molecular formula is C18H16ClFN4O. The van der Waals surface area contributed by atoms with Gasteiger partial charge in [-0.1, -0.05) is 17.7 Å². The zero-order chi connectivity index (χ0) is 17.2. The minimum Gasteiger partial charge on any atom is -0.376 e. The van der Waals surface area contributed by atoms with Crippen molar-refractivity contribution in [1.29, 1.82) is 0 Å². The zero-order valence-electron chi connectivity index (χ0n) is 13.4. The summed E-state index contributed by atoms with van der Waals surface area (Å²) in [5.74, 6) is 0.167. The summed E-state index contributed by atoms with van der Waals surface area (Å²) in [5, 5.41) is 13.6. The summed E-state index contributed by atoms with van der Waals surface area (Å²) in [5.41, 5.74) is 1.21. The molecule has 0 aliphatic carbocycles. The molecule has 1 N–H and O–H groups in total. The maximum Gasteiger partial charge on any atom is 0.158 e. The topological polar surface area (TPSA) is 59.9 Å². The molecule has 4 rings (SSSR count). The zero-order valence-corrected chi connectivity index (χ0v) is 14.1. The van der Waals surface area contributed by atoms with E-state index in [-0.39, 0.29) is 11.1 Å². The summed E-state index contributed by atoms with van der Waals surface area (Å²) in [6, 6.07) is 6.47. The van der Waals surface area contributed by atoms with Gasteiger partial charge in [-0.25, -0.2) is 4.39 Å². The Morgan fingerprint density at radius 3 is 2.96 bits per heavy atom. The third-order valence-electron chi connectivity index (χ3n) is 4.30. The van der Waals surface area contributed by atoms with E-state index in [1.807, 2.05) is 6.07 Å². The van der Waals surface area contributed by atoms with E-state index < -0.39 is 5.82 Å². The Kier molecular flexibility index (Phi) is 4.46. The van der Waals surface area contributed by atoms with Crippen LogP contribution in [0.4, 0.5) is 10.2 Å². The molecule has 1 aromatic carbocycles. The monoisotopic (exact) mass is 358 g/mol. The molecule has 0 amide bonds. The smallest absolute Gasteiger partial charge is 0.158 e. The molecule has 3 heterocycles. The fraction of sp³-hybridized carbons (Fsp3) is 0.278. The summed E-state index contributed by atoms with van der Waals surface area (Å²) in [6.45, 7) is 1.48. The molecule has 0 bridgehead atoms. The molecule has 7 heteroatoms. The second-order valence-electron chi connectivity index (χ2n) is 5.96. The van der Waals surface area contributed by atoms with Crippen LogP contribution in [-0.2, 0) is 4.74 Å². The van der Waals surface area contributed by atoms with Gasteiger partial charge in [0.15, 0.2) is 5.82 Å². The van der Waals surface area contributed by atoms with Gasteiger partial charge in [-0.2, -0.15) is 0 Å². The van der Waals surface area contributed by atoms with E-state index in [1.165, 1.54) is 12.1 Å². The minimum atomic E-state index is -0.483. The molecule has 1 aliphatic rings. The van der Waals surface area contributed by atoms with E-state index in [1.54, 1.807) is 18.5 Å². The normalized spacial score (nSPS) is 17.1. The van der Waals surface area contributed by atoms with Gasteiger partial charge >= 0.3 is 0 Å². The lowest BCUT2D eigenvalue weighted by Gasteiger charge is -2.13. The van der Waals surface area contributed by atoms with Gasteiger partial charge in [0.1, 0.15) is 11.5 Å². The predicted octanol–water partition coefficient (Wildman–Crippen LogP) is 4.08. The van der Waals surface area contributed by atoms with Crippen LogP contribution >= 0.6 is 11.6 Å². The van der Waals surface area contributed by atoms with Gasteiger partial charge in [0.2, 0.25) is 0 Å². The Labute approximate surface area is 149 Å².